The fourth-order valence-corrected chi connectivity index (χ4v) is 5.16. The molecule has 3 aliphatic rings. The molecular formula is C23H27N5O. The molecule has 2 saturated carbocycles. The zero-order chi connectivity index (χ0) is 19.4. The number of nitrogens with zero attached hydrogens (tertiary/aromatic N) is 3. The highest BCUT2D eigenvalue weighted by atomic mass is 16.3. The van der Waals surface area contributed by atoms with Crippen molar-refractivity contribution < 1.29 is 5.11 Å². The highest BCUT2D eigenvalue weighted by Gasteiger charge is 2.43. The monoisotopic (exact) mass is 389 g/mol. The SMILES string of the molecule is OCc1cc2ncc(-c3cccc(NC4CCC5(CNC5)C4)n3)n2cc1C1CC1. The van der Waals surface area contributed by atoms with E-state index in [9.17, 15) is 5.11 Å². The van der Waals surface area contributed by atoms with Gasteiger partial charge in [0.1, 0.15) is 11.5 Å². The number of pyridine rings is 2. The summed E-state index contributed by atoms with van der Waals surface area (Å²) in [5.74, 6) is 1.52. The second-order valence-corrected chi connectivity index (χ2v) is 9.15. The number of fused-ring (bicyclic) bond motifs is 1. The maximum atomic E-state index is 9.75. The Balaban J connectivity index is 1.30. The smallest absolute Gasteiger partial charge is 0.137 e. The van der Waals surface area contributed by atoms with Crippen molar-refractivity contribution in [3.8, 4) is 11.4 Å². The lowest BCUT2D eigenvalue weighted by atomic mass is 9.80. The van der Waals surface area contributed by atoms with Crippen molar-refractivity contribution >= 4 is 11.5 Å². The van der Waals surface area contributed by atoms with E-state index in [1.165, 1.54) is 50.8 Å². The quantitative estimate of drug-likeness (QED) is 0.624. The van der Waals surface area contributed by atoms with Crippen molar-refractivity contribution in [1.82, 2.24) is 19.7 Å². The van der Waals surface area contributed by atoms with Crippen LogP contribution >= 0.6 is 0 Å². The Morgan fingerprint density at radius 2 is 2.14 bits per heavy atom. The van der Waals surface area contributed by atoms with Crippen LogP contribution in [0.4, 0.5) is 5.82 Å². The van der Waals surface area contributed by atoms with Gasteiger partial charge in [-0.05, 0) is 72.8 Å². The minimum Gasteiger partial charge on any atom is -0.392 e. The summed E-state index contributed by atoms with van der Waals surface area (Å²) in [5, 5.41) is 16.8. The van der Waals surface area contributed by atoms with E-state index >= 15 is 0 Å². The second kappa shape index (κ2) is 6.54. The number of hydrogen-bond donors (Lipinski definition) is 3. The van der Waals surface area contributed by atoms with Crippen LogP contribution in [-0.2, 0) is 6.61 Å². The van der Waals surface area contributed by atoms with Crippen LogP contribution in [0.1, 0.15) is 49.1 Å². The predicted octanol–water partition coefficient (Wildman–Crippen LogP) is 3.32. The van der Waals surface area contributed by atoms with Crippen LogP contribution in [0.15, 0.2) is 36.7 Å². The van der Waals surface area contributed by atoms with Gasteiger partial charge in [-0.1, -0.05) is 6.07 Å². The lowest BCUT2D eigenvalue weighted by Gasteiger charge is -2.39. The van der Waals surface area contributed by atoms with Crippen molar-refractivity contribution in [2.24, 2.45) is 5.41 Å². The largest absolute Gasteiger partial charge is 0.392 e. The normalized spacial score (nSPS) is 22.9. The van der Waals surface area contributed by atoms with Gasteiger partial charge in [0.15, 0.2) is 0 Å². The van der Waals surface area contributed by atoms with Gasteiger partial charge in [-0.15, -0.1) is 0 Å². The zero-order valence-corrected chi connectivity index (χ0v) is 16.6. The molecule has 150 valence electrons. The van der Waals surface area contributed by atoms with Crippen LogP contribution in [-0.4, -0.2) is 38.6 Å². The third-order valence-electron chi connectivity index (χ3n) is 7.02. The standard InChI is InChI=1S/C23H27N5O/c29-12-16-8-22-25-10-20(28(22)11-18(16)15-4-5-15)19-2-1-3-21(27-19)26-17-6-7-23(9-17)13-24-14-23/h1-3,8,10-11,15,17,24,29H,4-7,9,12-14H2,(H,26,27). The molecule has 6 nitrogen and oxygen atoms in total. The molecule has 6 rings (SSSR count). The summed E-state index contributed by atoms with van der Waals surface area (Å²) in [6.45, 7) is 2.40. The molecule has 29 heavy (non-hydrogen) atoms. The van der Waals surface area contributed by atoms with Crippen molar-refractivity contribution in [2.45, 2.75) is 50.7 Å². The zero-order valence-electron chi connectivity index (χ0n) is 16.6. The summed E-state index contributed by atoms with van der Waals surface area (Å²) < 4.78 is 2.13. The topological polar surface area (TPSA) is 74.5 Å². The van der Waals surface area contributed by atoms with E-state index in [2.05, 4.69) is 44.4 Å². The van der Waals surface area contributed by atoms with Crippen LogP contribution in [0.3, 0.4) is 0 Å². The first kappa shape index (κ1) is 17.4. The van der Waals surface area contributed by atoms with Crippen LogP contribution in [0.2, 0.25) is 0 Å². The molecule has 0 amide bonds. The van der Waals surface area contributed by atoms with E-state index in [0.29, 0.717) is 17.4 Å². The molecule has 1 atom stereocenters. The number of nitrogens with one attached hydrogen (secondary N) is 2. The maximum Gasteiger partial charge on any atom is 0.137 e. The van der Waals surface area contributed by atoms with Gasteiger partial charge in [-0.2, -0.15) is 0 Å². The Morgan fingerprint density at radius 3 is 2.86 bits per heavy atom. The summed E-state index contributed by atoms with van der Waals surface area (Å²) in [7, 11) is 0. The number of hydrogen-bond acceptors (Lipinski definition) is 5. The molecule has 1 spiro atoms. The first-order valence-electron chi connectivity index (χ1n) is 10.8. The number of aliphatic hydroxyl groups excluding tert-OH is 1. The Morgan fingerprint density at radius 1 is 1.24 bits per heavy atom. The minimum absolute atomic E-state index is 0.0700. The number of aliphatic hydroxyl groups is 1. The van der Waals surface area contributed by atoms with E-state index in [4.69, 9.17) is 4.98 Å². The van der Waals surface area contributed by atoms with E-state index in [-0.39, 0.29) is 6.61 Å². The molecule has 6 heteroatoms. The number of rotatable bonds is 5. The molecule has 1 unspecified atom stereocenters. The van der Waals surface area contributed by atoms with E-state index in [0.717, 1.165) is 28.4 Å². The molecular weight excluding hydrogens is 362 g/mol. The van der Waals surface area contributed by atoms with Crippen LogP contribution in [0.5, 0.6) is 0 Å². The fourth-order valence-electron chi connectivity index (χ4n) is 5.16. The summed E-state index contributed by atoms with van der Waals surface area (Å²) in [5.41, 5.74) is 5.57. The molecule has 1 saturated heterocycles. The molecule has 3 aromatic heterocycles. The summed E-state index contributed by atoms with van der Waals surface area (Å²) in [6, 6.07) is 8.72. The first-order valence-corrected chi connectivity index (χ1v) is 10.8. The predicted molar refractivity (Wildman–Crippen MR) is 113 cm³/mol. The third kappa shape index (κ3) is 3.02. The fraction of sp³-hybridized carbons (Fsp3) is 0.478. The van der Waals surface area contributed by atoms with Crippen molar-refractivity contribution in [1.29, 1.82) is 0 Å². The van der Waals surface area contributed by atoms with Crippen LogP contribution < -0.4 is 10.6 Å². The van der Waals surface area contributed by atoms with Gasteiger partial charge in [-0.25, -0.2) is 9.97 Å². The Labute approximate surface area is 170 Å². The molecule has 1 aliphatic heterocycles. The molecule has 0 radical (unpaired) electrons. The summed E-state index contributed by atoms with van der Waals surface area (Å²) in [6.07, 6.45) is 10.2. The van der Waals surface area contributed by atoms with Gasteiger partial charge in [0.05, 0.1) is 24.2 Å². The van der Waals surface area contributed by atoms with Crippen molar-refractivity contribution in [3.63, 3.8) is 0 Å². The van der Waals surface area contributed by atoms with Gasteiger partial charge >= 0.3 is 0 Å². The Kier molecular flexibility index (Phi) is 3.93. The average Bonchev–Trinajstić information content (AvgIpc) is 3.33. The minimum atomic E-state index is 0.0700. The van der Waals surface area contributed by atoms with Gasteiger partial charge in [0, 0.05) is 25.3 Å². The molecule has 3 N–H and O–H groups in total. The highest BCUT2D eigenvalue weighted by Crippen LogP contribution is 2.43. The van der Waals surface area contributed by atoms with Crippen LogP contribution in [0.25, 0.3) is 17.0 Å². The number of anilines is 1. The van der Waals surface area contributed by atoms with E-state index in [1.54, 1.807) is 0 Å². The number of imidazole rings is 1. The van der Waals surface area contributed by atoms with E-state index in [1.807, 2.05) is 12.3 Å². The van der Waals surface area contributed by atoms with E-state index < -0.39 is 0 Å². The molecule has 0 bridgehead atoms. The third-order valence-corrected chi connectivity index (χ3v) is 7.02. The average molecular weight is 390 g/mol. The Bertz CT molecular complexity index is 1070. The summed E-state index contributed by atoms with van der Waals surface area (Å²) in [4.78, 5) is 9.50. The molecule has 0 aromatic carbocycles. The van der Waals surface area contributed by atoms with Gasteiger partial charge in [0.25, 0.3) is 0 Å². The van der Waals surface area contributed by atoms with Gasteiger partial charge in [0.2, 0.25) is 0 Å². The first-order chi connectivity index (χ1) is 14.2. The molecule has 3 aromatic rings. The maximum absolute atomic E-state index is 9.75. The summed E-state index contributed by atoms with van der Waals surface area (Å²) >= 11 is 0. The number of aromatic nitrogens is 3. The van der Waals surface area contributed by atoms with Crippen molar-refractivity contribution in [2.75, 3.05) is 18.4 Å². The van der Waals surface area contributed by atoms with Gasteiger partial charge in [-0.3, -0.25) is 4.40 Å². The highest BCUT2D eigenvalue weighted by molar-refractivity contribution is 5.63. The molecule has 3 fully saturated rings. The Hall–Kier alpha value is -2.44. The molecule has 4 heterocycles. The molecule has 2 aliphatic carbocycles. The van der Waals surface area contributed by atoms with Gasteiger partial charge < -0.3 is 15.7 Å². The lowest BCUT2D eigenvalue weighted by molar-refractivity contribution is 0.176. The van der Waals surface area contributed by atoms with Crippen LogP contribution in [0, 0.1) is 5.41 Å². The lowest BCUT2D eigenvalue weighted by Crippen LogP contribution is -2.52. The van der Waals surface area contributed by atoms with Crippen molar-refractivity contribution in [3.05, 3.63) is 47.8 Å². The second-order valence-electron chi connectivity index (χ2n) is 9.15.